The minimum absolute atomic E-state index is 0.0308. The Bertz CT molecular complexity index is 671. The number of carbonyl (C=O) groups is 1. The van der Waals surface area contributed by atoms with E-state index in [1.54, 1.807) is 31.2 Å². The largest absolute Gasteiger partial charge is 0.322 e. The zero-order valence-corrected chi connectivity index (χ0v) is 12.0. The highest BCUT2D eigenvalue weighted by molar-refractivity contribution is 9.10. The zero-order valence-electron chi connectivity index (χ0n) is 10.5. The van der Waals surface area contributed by atoms with Crippen LogP contribution in [-0.2, 0) is 0 Å². The number of amides is 1. The van der Waals surface area contributed by atoms with Crippen LogP contribution in [0, 0.1) is 17.0 Å². The molecule has 102 valence electrons. The summed E-state index contributed by atoms with van der Waals surface area (Å²) < 4.78 is 0.625. The van der Waals surface area contributed by atoms with Gasteiger partial charge in [-0.25, -0.2) is 4.98 Å². The highest BCUT2D eigenvalue weighted by Crippen LogP contribution is 2.22. The fourth-order valence-corrected chi connectivity index (χ4v) is 1.83. The van der Waals surface area contributed by atoms with E-state index in [1.807, 2.05) is 0 Å². The number of carbonyl (C=O) groups excluding carboxylic acids is 1. The molecule has 0 aliphatic rings. The van der Waals surface area contributed by atoms with Gasteiger partial charge in [-0.1, -0.05) is 6.07 Å². The zero-order chi connectivity index (χ0) is 14.7. The molecule has 1 aromatic carbocycles. The quantitative estimate of drug-likeness (QED) is 0.529. The van der Waals surface area contributed by atoms with Gasteiger partial charge in [0.05, 0.1) is 10.5 Å². The van der Waals surface area contributed by atoms with Gasteiger partial charge in [-0.05, 0) is 41.1 Å². The van der Waals surface area contributed by atoms with Gasteiger partial charge in [0.2, 0.25) is 0 Å². The van der Waals surface area contributed by atoms with Gasteiger partial charge in [0.25, 0.3) is 11.6 Å². The molecule has 0 bridgehead atoms. The summed E-state index contributed by atoms with van der Waals surface area (Å²) in [5.41, 5.74) is 1.25. The van der Waals surface area contributed by atoms with Crippen LogP contribution in [0.25, 0.3) is 0 Å². The summed E-state index contributed by atoms with van der Waals surface area (Å²) in [5, 5.41) is 13.4. The van der Waals surface area contributed by atoms with Crippen LogP contribution in [0.5, 0.6) is 0 Å². The number of anilines is 1. The molecule has 2 rings (SSSR count). The van der Waals surface area contributed by atoms with Gasteiger partial charge in [0.15, 0.2) is 0 Å². The van der Waals surface area contributed by atoms with E-state index in [0.29, 0.717) is 21.4 Å². The monoisotopic (exact) mass is 335 g/mol. The van der Waals surface area contributed by atoms with Crippen LogP contribution in [-0.4, -0.2) is 15.8 Å². The molecule has 6 nitrogen and oxygen atoms in total. The maximum Gasteiger partial charge on any atom is 0.274 e. The first-order valence-corrected chi connectivity index (χ1v) is 6.44. The number of pyridine rings is 1. The lowest BCUT2D eigenvalue weighted by atomic mass is 10.2. The van der Waals surface area contributed by atoms with Crippen LogP contribution in [0.1, 0.15) is 15.9 Å². The van der Waals surface area contributed by atoms with Crippen molar-refractivity contribution in [3.8, 4) is 0 Å². The van der Waals surface area contributed by atoms with Crippen molar-refractivity contribution >= 4 is 33.2 Å². The van der Waals surface area contributed by atoms with E-state index in [1.165, 1.54) is 12.3 Å². The second-order valence-corrected chi connectivity index (χ2v) is 4.89. The van der Waals surface area contributed by atoms with Crippen LogP contribution in [0.3, 0.4) is 0 Å². The Hall–Kier alpha value is -2.28. The van der Waals surface area contributed by atoms with Gasteiger partial charge in [-0.2, -0.15) is 0 Å². The molecule has 0 unspecified atom stereocenters. The number of aryl methyl sites for hydroxylation is 1. The van der Waals surface area contributed by atoms with E-state index in [4.69, 9.17) is 0 Å². The molecule has 0 saturated carbocycles. The molecule has 7 heteroatoms. The van der Waals surface area contributed by atoms with Crippen molar-refractivity contribution in [1.29, 1.82) is 0 Å². The van der Waals surface area contributed by atoms with E-state index in [2.05, 4.69) is 26.2 Å². The van der Waals surface area contributed by atoms with Crippen molar-refractivity contribution in [2.24, 2.45) is 0 Å². The highest BCUT2D eigenvalue weighted by atomic mass is 79.9. The Balaban J connectivity index is 2.21. The number of halogens is 1. The minimum Gasteiger partial charge on any atom is -0.322 e. The lowest BCUT2D eigenvalue weighted by Crippen LogP contribution is -2.12. The Morgan fingerprint density at radius 3 is 2.70 bits per heavy atom. The molecule has 0 radical (unpaired) electrons. The Kier molecular flexibility index (Phi) is 4.09. The number of nitro groups is 1. The van der Waals surface area contributed by atoms with E-state index in [-0.39, 0.29) is 11.6 Å². The topological polar surface area (TPSA) is 85.1 Å². The summed E-state index contributed by atoms with van der Waals surface area (Å²) in [6.45, 7) is 1.64. The van der Waals surface area contributed by atoms with Crippen LogP contribution in [0.2, 0.25) is 0 Å². The first kappa shape index (κ1) is 14.1. The molecule has 1 heterocycles. The molecule has 0 aliphatic carbocycles. The molecule has 0 aliphatic heterocycles. The van der Waals surface area contributed by atoms with Gasteiger partial charge in [0, 0.05) is 23.5 Å². The van der Waals surface area contributed by atoms with Crippen LogP contribution in [0.4, 0.5) is 11.4 Å². The molecular weight excluding hydrogens is 326 g/mol. The Morgan fingerprint density at radius 1 is 1.35 bits per heavy atom. The van der Waals surface area contributed by atoms with E-state index >= 15 is 0 Å². The summed E-state index contributed by atoms with van der Waals surface area (Å²) in [5.74, 6) is -0.372. The van der Waals surface area contributed by atoms with Crippen LogP contribution in [0.15, 0.2) is 41.1 Å². The molecule has 1 aromatic heterocycles. The van der Waals surface area contributed by atoms with Crippen molar-refractivity contribution in [3.63, 3.8) is 0 Å². The van der Waals surface area contributed by atoms with Crippen LogP contribution >= 0.6 is 15.9 Å². The third-order valence-corrected chi connectivity index (χ3v) is 3.12. The van der Waals surface area contributed by atoms with E-state index in [9.17, 15) is 14.9 Å². The lowest BCUT2D eigenvalue weighted by Gasteiger charge is -2.06. The average molecular weight is 336 g/mol. The molecule has 0 fully saturated rings. The number of aromatic nitrogens is 1. The second kappa shape index (κ2) is 5.79. The molecule has 0 atom stereocenters. The first-order valence-electron chi connectivity index (χ1n) is 5.65. The maximum atomic E-state index is 12.0. The lowest BCUT2D eigenvalue weighted by molar-refractivity contribution is -0.385. The average Bonchev–Trinajstić information content (AvgIpc) is 2.41. The van der Waals surface area contributed by atoms with Crippen molar-refractivity contribution in [2.45, 2.75) is 6.92 Å². The fraction of sp³-hybridized carbons (Fsp3) is 0.0769. The first-order chi connectivity index (χ1) is 9.47. The molecule has 1 amide bonds. The predicted molar refractivity (Wildman–Crippen MR) is 77.7 cm³/mol. The van der Waals surface area contributed by atoms with Gasteiger partial charge in [-0.15, -0.1) is 0 Å². The SMILES string of the molecule is Cc1ccc(NC(=O)c2ccc(Br)nc2)cc1[N+](=O)[O-]. The van der Waals surface area contributed by atoms with Crippen molar-refractivity contribution in [1.82, 2.24) is 4.98 Å². The fourth-order valence-electron chi connectivity index (χ4n) is 1.60. The second-order valence-electron chi connectivity index (χ2n) is 4.08. The van der Waals surface area contributed by atoms with Crippen molar-refractivity contribution in [2.75, 3.05) is 5.32 Å². The van der Waals surface area contributed by atoms with Gasteiger partial charge in [-0.3, -0.25) is 14.9 Å². The summed E-state index contributed by atoms with van der Waals surface area (Å²) in [7, 11) is 0. The highest BCUT2D eigenvalue weighted by Gasteiger charge is 2.13. The number of hydrogen-bond acceptors (Lipinski definition) is 4. The molecule has 20 heavy (non-hydrogen) atoms. The summed E-state index contributed by atoms with van der Waals surface area (Å²) in [6.07, 6.45) is 1.42. The molecule has 0 saturated heterocycles. The summed E-state index contributed by atoms with van der Waals surface area (Å²) >= 11 is 3.18. The molecule has 2 aromatic rings. The number of hydrogen-bond donors (Lipinski definition) is 1. The number of nitro benzene ring substituents is 1. The summed E-state index contributed by atoms with van der Waals surface area (Å²) in [4.78, 5) is 26.3. The molecule has 1 N–H and O–H groups in total. The standard InChI is InChI=1S/C13H10BrN3O3/c1-8-2-4-10(6-11(8)17(19)20)16-13(18)9-3-5-12(14)15-7-9/h2-7H,1H3,(H,16,18). The molecule has 0 spiro atoms. The number of benzene rings is 1. The summed E-state index contributed by atoms with van der Waals surface area (Å²) in [6, 6.07) is 7.79. The smallest absolute Gasteiger partial charge is 0.274 e. The van der Waals surface area contributed by atoms with E-state index in [0.717, 1.165) is 0 Å². The van der Waals surface area contributed by atoms with Gasteiger partial charge >= 0.3 is 0 Å². The van der Waals surface area contributed by atoms with Gasteiger partial charge < -0.3 is 5.32 Å². The Labute approximate surface area is 123 Å². The van der Waals surface area contributed by atoms with E-state index < -0.39 is 4.92 Å². The Morgan fingerprint density at radius 2 is 2.10 bits per heavy atom. The minimum atomic E-state index is -0.480. The third kappa shape index (κ3) is 3.18. The van der Waals surface area contributed by atoms with Gasteiger partial charge in [0.1, 0.15) is 4.60 Å². The van der Waals surface area contributed by atoms with Crippen LogP contribution < -0.4 is 5.32 Å². The predicted octanol–water partition coefficient (Wildman–Crippen LogP) is 3.31. The number of nitrogens with one attached hydrogen (secondary N) is 1. The van der Waals surface area contributed by atoms with Crippen molar-refractivity contribution in [3.05, 3.63) is 62.4 Å². The normalized spacial score (nSPS) is 10.1. The molecular formula is C13H10BrN3O3. The van der Waals surface area contributed by atoms with Crippen molar-refractivity contribution < 1.29 is 9.72 Å². The third-order valence-electron chi connectivity index (χ3n) is 2.65. The maximum absolute atomic E-state index is 12.0. The number of nitrogens with zero attached hydrogens (tertiary/aromatic N) is 2. The number of rotatable bonds is 3.